The third-order valence-corrected chi connectivity index (χ3v) is 3.32. The molecule has 0 unspecified atom stereocenters. The second kappa shape index (κ2) is 5.42. The molecule has 0 saturated heterocycles. The lowest BCUT2D eigenvalue weighted by Gasteiger charge is -2.11. The second-order valence-corrected chi connectivity index (χ2v) is 4.81. The molecule has 0 spiro atoms. The van der Waals surface area contributed by atoms with E-state index in [1.54, 1.807) is 10.9 Å². The van der Waals surface area contributed by atoms with Gasteiger partial charge in [-0.15, -0.1) is 0 Å². The van der Waals surface area contributed by atoms with Gasteiger partial charge in [0.05, 0.1) is 11.9 Å². The number of hydrogen-bond acceptors (Lipinski definition) is 3. The van der Waals surface area contributed by atoms with Crippen molar-refractivity contribution >= 4 is 16.9 Å². The van der Waals surface area contributed by atoms with Crippen LogP contribution in [-0.2, 0) is 17.9 Å². The Kier molecular flexibility index (Phi) is 3.87. The minimum Gasteiger partial charge on any atom is -0.352 e. The minimum atomic E-state index is -0.0111. The van der Waals surface area contributed by atoms with Gasteiger partial charge >= 0.3 is 0 Å². The van der Waals surface area contributed by atoms with Gasteiger partial charge in [0, 0.05) is 12.6 Å². The van der Waals surface area contributed by atoms with Gasteiger partial charge in [0.2, 0.25) is 5.91 Å². The van der Waals surface area contributed by atoms with Crippen molar-refractivity contribution in [3.05, 3.63) is 11.9 Å². The lowest BCUT2D eigenvalue weighted by atomic mass is 10.2. The van der Waals surface area contributed by atoms with Gasteiger partial charge in [-0.05, 0) is 27.2 Å². The molecule has 0 saturated carbocycles. The molecule has 6 nitrogen and oxygen atoms in total. The molecule has 1 N–H and O–H groups in total. The summed E-state index contributed by atoms with van der Waals surface area (Å²) in [6.45, 7) is 9.07. The van der Waals surface area contributed by atoms with Gasteiger partial charge in [-0.1, -0.05) is 6.92 Å². The van der Waals surface area contributed by atoms with Crippen molar-refractivity contribution in [3.8, 4) is 0 Å². The first-order chi connectivity index (χ1) is 9.06. The van der Waals surface area contributed by atoms with E-state index in [0.29, 0.717) is 0 Å². The largest absolute Gasteiger partial charge is 0.352 e. The molecule has 0 radical (unpaired) electrons. The molecule has 0 aliphatic rings. The first-order valence-electron chi connectivity index (χ1n) is 6.75. The molecule has 2 aromatic heterocycles. The average Bonchev–Trinajstić information content (AvgIpc) is 2.91. The Balaban J connectivity index is 2.22. The number of aromatic nitrogens is 4. The topological polar surface area (TPSA) is 64.7 Å². The zero-order chi connectivity index (χ0) is 14.0. The normalized spacial score (nSPS) is 12.8. The summed E-state index contributed by atoms with van der Waals surface area (Å²) in [7, 11) is 0. The van der Waals surface area contributed by atoms with Crippen LogP contribution in [0.3, 0.4) is 0 Å². The van der Waals surface area contributed by atoms with E-state index < -0.39 is 0 Å². The predicted octanol–water partition coefficient (Wildman–Crippen LogP) is 1.48. The highest BCUT2D eigenvalue weighted by Crippen LogP contribution is 2.17. The standard InChI is InChI=1S/C13H21N5O/c1-5-9(3)15-12(19)8-18-13-10(4)16-17(6-2)11(13)7-14-18/h7,9H,5-6,8H2,1-4H3,(H,15,19)/t9-/m0/s1. The molecular weight excluding hydrogens is 242 g/mol. The van der Waals surface area contributed by atoms with E-state index in [1.807, 2.05) is 32.4 Å². The fraction of sp³-hybridized carbons (Fsp3) is 0.615. The molecule has 0 fully saturated rings. The maximum absolute atomic E-state index is 11.9. The molecule has 1 atom stereocenters. The van der Waals surface area contributed by atoms with E-state index in [-0.39, 0.29) is 18.5 Å². The highest BCUT2D eigenvalue weighted by Gasteiger charge is 2.15. The highest BCUT2D eigenvalue weighted by molar-refractivity contribution is 5.81. The molecule has 2 rings (SSSR count). The molecule has 2 aromatic rings. The van der Waals surface area contributed by atoms with Crippen molar-refractivity contribution in [2.45, 2.75) is 53.2 Å². The Morgan fingerprint density at radius 2 is 2.16 bits per heavy atom. The molecule has 0 aliphatic heterocycles. The van der Waals surface area contributed by atoms with E-state index in [1.165, 1.54) is 0 Å². The van der Waals surface area contributed by atoms with Crippen molar-refractivity contribution in [2.75, 3.05) is 0 Å². The zero-order valence-electron chi connectivity index (χ0n) is 12.0. The quantitative estimate of drug-likeness (QED) is 0.888. The van der Waals surface area contributed by atoms with Gasteiger partial charge in [0.1, 0.15) is 17.6 Å². The van der Waals surface area contributed by atoms with Crippen LogP contribution in [0.5, 0.6) is 0 Å². The van der Waals surface area contributed by atoms with Crippen LogP contribution in [0.2, 0.25) is 0 Å². The maximum Gasteiger partial charge on any atom is 0.241 e. The number of rotatable bonds is 5. The predicted molar refractivity (Wildman–Crippen MR) is 73.8 cm³/mol. The molecule has 0 aliphatic carbocycles. The fourth-order valence-corrected chi connectivity index (χ4v) is 2.14. The monoisotopic (exact) mass is 263 g/mol. The lowest BCUT2D eigenvalue weighted by Crippen LogP contribution is -2.34. The van der Waals surface area contributed by atoms with Crippen LogP contribution < -0.4 is 5.32 Å². The lowest BCUT2D eigenvalue weighted by molar-refractivity contribution is -0.122. The third-order valence-electron chi connectivity index (χ3n) is 3.32. The van der Waals surface area contributed by atoms with Crippen molar-refractivity contribution in [1.82, 2.24) is 24.9 Å². The summed E-state index contributed by atoms with van der Waals surface area (Å²) >= 11 is 0. The van der Waals surface area contributed by atoms with E-state index in [4.69, 9.17) is 0 Å². The molecule has 1 amide bonds. The Hall–Kier alpha value is -1.85. The SMILES string of the molecule is CC[C@H](C)NC(=O)Cn1ncc2c1c(C)nn2CC. The van der Waals surface area contributed by atoms with Crippen LogP contribution in [-0.4, -0.2) is 31.5 Å². The number of hydrogen-bond donors (Lipinski definition) is 1. The Labute approximate surface area is 112 Å². The number of carbonyl (C=O) groups is 1. The van der Waals surface area contributed by atoms with Crippen molar-refractivity contribution in [2.24, 2.45) is 0 Å². The van der Waals surface area contributed by atoms with Crippen LogP contribution in [0.15, 0.2) is 6.20 Å². The average molecular weight is 263 g/mol. The maximum atomic E-state index is 11.9. The smallest absolute Gasteiger partial charge is 0.241 e. The zero-order valence-corrected chi connectivity index (χ0v) is 12.0. The van der Waals surface area contributed by atoms with Crippen molar-refractivity contribution < 1.29 is 4.79 Å². The van der Waals surface area contributed by atoms with Gasteiger partial charge in [0.15, 0.2) is 0 Å². The first kappa shape index (κ1) is 13.6. The Morgan fingerprint density at radius 1 is 1.42 bits per heavy atom. The number of fused-ring (bicyclic) bond motifs is 1. The van der Waals surface area contributed by atoms with Gasteiger partial charge in [-0.2, -0.15) is 10.2 Å². The molecule has 6 heteroatoms. The first-order valence-corrected chi connectivity index (χ1v) is 6.75. The van der Waals surface area contributed by atoms with Crippen molar-refractivity contribution in [3.63, 3.8) is 0 Å². The summed E-state index contributed by atoms with van der Waals surface area (Å²) in [4.78, 5) is 11.9. The second-order valence-electron chi connectivity index (χ2n) is 4.81. The summed E-state index contributed by atoms with van der Waals surface area (Å²) < 4.78 is 3.63. The van der Waals surface area contributed by atoms with Crippen LogP contribution >= 0.6 is 0 Å². The fourth-order valence-electron chi connectivity index (χ4n) is 2.14. The van der Waals surface area contributed by atoms with E-state index in [9.17, 15) is 4.79 Å². The molecule has 104 valence electrons. The number of amides is 1. The van der Waals surface area contributed by atoms with Gasteiger partial charge in [0.25, 0.3) is 0 Å². The minimum absolute atomic E-state index is 0.0111. The summed E-state index contributed by atoms with van der Waals surface area (Å²) in [5.41, 5.74) is 2.84. The van der Waals surface area contributed by atoms with Gasteiger partial charge in [-0.3, -0.25) is 14.2 Å². The summed E-state index contributed by atoms with van der Waals surface area (Å²) in [5.74, 6) is -0.0111. The molecular formula is C13H21N5O. The molecule has 0 aromatic carbocycles. The number of carbonyl (C=O) groups excluding carboxylic acids is 1. The number of nitrogens with zero attached hydrogens (tertiary/aromatic N) is 4. The summed E-state index contributed by atoms with van der Waals surface area (Å²) in [6.07, 6.45) is 2.70. The molecule has 0 bridgehead atoms. The molecule has 19 heavy (non-hydrogen) atoms. The van der Waals surface area contributed by atoms with E-state index in [2.05, 4.69) is 15.5 Å². The highest BCUT2D eigenvalue weighted by atomic mass is 16.2. The molecule has 2 heterocycles. The Bertz CT molecular complexity index is 583. The summed E-state index contributed by atoms with van der Waals surface area (Å²) in [5, 5.41) is 11.7. The van der Waals surface area contributed by atoms with E-state index in [0.717, 1.165) is 29.7 Å². The summed E-state index contributed by atoms with van der Waals surface area (Å²) in [6, 6.07) is 0.193. The third kappa shape index (κ3) is 2.62. The van der Waals surface area contributed by atoms with Crippen LogP contribution in [0.4, 0.5) is 0 Å². The van der Waals surface area contributed by atoms with Crippen LogP contribution in [0.1, 0.15) is 32.9 Å². The number of aryl methyl sites for hydroxylation is 2. The van der Waals surface area contributed by atoms with Crippen LogP contribution in [0, 0.1) is 6.92 Å². The Morgan fingerprint density at radius 3 is 2.79 bits per heavy atom. The number of nitrogens with one attached hydrogen (secondary N) is 1. The van der Waals surface area contributed by atoms with Gasteiger partial charge in [-0.25, -0.2) is 0 Å². The van der Waals surface area contributed by atoms with Crippen molar-refractivity contribution in [1.29, 1.82) is 0 Å². The van der Waals surface area contributed by atoms with Gasteiger partial charge < -0.3 is 5.32 Å². The van der Waals surface area contributed by atoms with E-state index >= 15 is 0 Å². The van der Waals surface area contributed by atoms with Crippen LogP contribution in [0.25, 0.3) is 11.0 Å².